The fraction of sp³-hybridized carbons (Fsp3) is 0.143. The fourth-order valence-corrected chi connectivity index (χ4v) is 2.02. The summed E-state index contributed by atoms with van der Waals surface area (Å²) in [5.41, 5.74) is 2.77. The van der Waals surface area contributed by atoms with E-state index in [9.17, 15) is 4.39 Å². The van der Waals surface area contributed by atoms with Crippen molar-refractivity contribution in [3.63, 3.8) is 0 Å². The van der Waals surface area contributed by atoms with Crippen molar-refractivity contribution in [3.05, 3.63) is 69.0 Å². The van der Waals surface area contributed by atoms with E-state index in [1.165, 1.54) is 6.07 Å². The maximum absolute atomic E-state index is 13.1. The Morgan fingerprint density at radius 2 is 1.59 bits per heavy atom. The predicted molar refractivity (Wildman–Crippen MR) is 70.4 cm³/mol. The molecule has 0 atom stereocenters. The molecule has 17 heavy (non-hydrogen) atoms. The summed E-state index contributed by atoms with van der Waals surface area (Å²) < 4.78 is 13.1. The van der Waals surface area contributed by atoms with E-state index >= 15 is 0 Å². The first-order chi connectivity index (χ1) is 8.06. The Balaban J connectivity index is 2.25. The summed E-state index contributed by atoms with van der Waals surface area (Å²) in [6.45, 7) is 1.76. The van der Waals surface area contributed by atoms with Crippen molar-refractivity contribution in [1.29, 1.82) is 0 Å². The summed E-state index contributed by atoms with van der Waals surface area (Å²) in [6.07, 6.45) is 0.720. The molecule has 0 amide bonds. The number of hydrogen-bond donors (Lipinski definition) is 0. The van der Waals surface area contributed by atoms with Gasteiger partial charge in [-0.3, -0.25) is 0 Å². The van der Waals surface area contributed by atoms with Crippen molar-refractivity contribution < 1.29 is 4.39 Å². The molecule has 0 saturated carbocycles. The minimum atomic E-state index is -0.178. The van der Waals surface area contributed by atoms with Gasteiger partial charge in [-0.05, 0) is 48.2 Å². The predicted octanol–water partition coefficient (Wildman–Crippen LogP) is 5.03. The van der Waals surface area contributed by atoms with Gasteiger partial charge in [-0.1, -0.05) is 41.4 Å². The van der Waals surface area contributed by atoms with Gasteiger partial charge in [0.05, 0.1) is 10.0 Å². The summed E-state index contributed by atoms with van der Waals surface area (Å²) in [5.74, 6) is -0.178. The van der Waals surface area contributed by atoms with E-state index in [0.717, 1.165) is 17.5 Å². The highest BCUT2D eigenvalue weighted by Crippen LogP contribution is 2.24. The average molecular weight is 269 g/mol. The van der Waals surface area contributed by atoms with Crippen molar-refractivity contribution in [2.45, 2.75) is 13.3 Å². The minimum Gasteiger partial charge on any atom is -0.207 e. The highest BCUT2D eigenvalue weighted by molar-refractivity contribution is 6.42. The number of benzene rings is 2. The highest BCUT2D eigenvalue weighted by Gasteiger charge is 2.03. The molecule has 0 unspecified atom stereocenters. The smallest absolute Gasteiger partial charge is 0.126 e. The van der Waals surface area contributed by atoms with Gasteiger partial charge in [0.2, 0.25) is 0 Å². The van der Waals surface area contributed by atoms with Crippen LogP contribution in [0.3, 0.4) is 0 Å². The van der Waals surface area contributed by atoms with Crippen molar-refractivity contribution in [2.24, 2.45) is 0 Å². The van der Waals surface area contributed by atoms with Gasteiger partial charge in [0, 0.05) is 0 Å². The first kappa shape index (κ1) is 12.4. The van der Waals surface area contributed by atoms with Gasteiger partial charge >= 0.3 is 0 Å². The summed E-state index contributed by atoms with van der Waals surface area (Å²) in [7, 11) is 0. The maximum Gasteiger partial charge on any atom is 0.126 e. The first-order valence-electron chi connectivity index (χ1n) is 5.25. The van der Waals surface area contributed by atoms with Crippen LogP contribution in [0.4, 0.5) is 4.39 Å². The Bertz CT molecular complexity index is 500. The SMILES string of the molecule is Cc1cc(Cc2ccc(Cl)c(Cl)c2)ccc1F. The third-order valence-electron chi connectivity index (χ3n) is 2.61. The zero-order valence-electron chi connectivity index (χ0n) is 9.31. The van der Waals surface area contributed by atoms with Crippen LogP contribution in [0.2, 0.25) is 10.0 Å². The molecule has 0 nitrogen and oxygen atoms in total. The van der Waals surface area contributed by atoms with E-state index in [0.29, 0.717) is 15.6 Å². The molecule has 0 heterocycles. The number of halogens is 3. The molecule has 0 aliphatic heterocycles. The van der Waals surface area contributed by atoms with Crippen LogP contribution in [-0.4, -0.2) is 0 Å². The van der Waals surface area contributed by atoms with E-state index in [2.05, 4.69) is 0 Å². The number of rotatable bonds is 2. The monoisotopic (exact) mass is 268 g/mol. The van der Waals surface area contributed by atoms with Crippen molar-refractivity contribution >= 4 is 23.2 Å². The molecule has 0 saturated heterocycles. The normalized spacial score (nSPS) is 10.6. The standard InChI is InChI=1S/C14H11Cl2F/c1-9-6-10(3-5-14(9)17)7-11-2-4-12(15)13(16)8-11/h2-6,8H,7H2,1H3. The van der Waals surface area contributed by atoms with E-state index in [1.807, 2.05) is 18.2 Å². The quantitative estimate of drug-likeness (QED) is 0.717. The molecule has 3 heteroatoms. The molecule has 0 N–H and O–H groups in total. The van der Waals surface area contributed by atoms with E-state index in [4.69, 9.17) is 23.2 Å². The second-order valence-electron chi connectivity index (χ2n) is 4.01. The van der Waals surface area contributed by atoms with Crippen molar-refractivity contribution in [2.75, 3.05) is 0 Å². The third kappa shape index (κ3) is 2.99. The lowest BCUT2D eigenvalue weighted by atomic mass is 10.0. The molecular formula is C14H11Cl2F. The fourth-order valence-electron chi connectivity index (χ4n) is 1.70. The summed E-state index contributed by atoms with van der Waals surface area (Å²) >= 11 is 11.8. The molecular weight excluding hydrogens is 258 g/mol. The Labute approximate surface area is 110 Å². The third-order valence-corrected chi connectivity index (χ3v) is 3.35. The van der Waals surface area contributed by atoms with Crippen LogP contribution in [-0.2, 0) is 6.42 Å². The van der Waals surface area contributed by atoms with E-state index in [1.54, 1.807) is 19.1 Å². The van der Waals surface area contributed by atoms with Gasteiger partial charge < -0.3 is 0 Å². The van der Waals surface area contributed by atoms with Crippen LogP contribution in [0.15, 0.2) is 36.4 Å². The van der Waals surface area contributed by atoms with Gasteiger partial charge in [-0.25, -0.2) is 4.39 Å². The van der Waals surface area contributed by atoms with Crippen LogP contribution in [0.1, 0.15) is 16.7 Å². The lowest BCUT2D eigenvalue weighted by Crippen LogP contribution is -1.91. The second kappa shape index (κ2) is 5.07. The highest BCUT2D eigenvalue weighted by atomic mass is 35.5. The molecule has 88 valence electrons. The zero-order chi connectivity index (χ0) is 12.4. The Kier molecular flexibility index (Phi) is 3.70. The van der Waals surface area contributed by atoms with Gasteiger partial charge in [0.1, 0.15) is 5.82 Å². The van der Waals surface area contributed by atoms with Crippen molar-refractivity contribution in [1.82, 2.24) is 0 Å². The minimum absolute atomic E-state index is 0.178. The van der Waals surface area contributed by atoms with E-state index in [-0.39, 0.29) is 5.82 Å². The first-order valence-corrected chi connectivity index (χ1v) is 6.01. The van der Waals surface area contributed by atoms with Crippen LogP contribution in [0, 0.1) is 12.7 Å². The topological polar surface area (TPSA) is 0 Å². The molecule has 0 radical (unpaired) electrons. The van der Waals surface area contributed by atoms with Gasteiger partial charge in [0.15, 0.2) is 0 Å². The summed E-state index contributed by atoms with van der Waals surface area (Å²) in [4.78, 5) is 0. The van der Waals surface area contributed by atoms with Gasteiger partial charge in [-0.15, -0.1) is 0 Å². The molecule has 0 aliphatic rings. The molecule has 0 spiro atoms. The summed E-state index contributed by atoms with van der Waals surface area (Å²) in [5, 5.41) is 1.09. The molecule has 0 aromatic heterocycles. The van der Waals surface area contributed by atoms with Crippen LogP contribution < -0.4 is 0 Å². The van der Waals surface area contributed by atoms with Gasteiger partial charge in [-0.2, -0.15) is 0 Å². The molecule has 2 rings (SSSR count). The van der Waals surface area contributed by atoms with Crippen molar-refractivity contribution in [3.8, 4) is 0 Å². The van der Waals surface area contributed by atoms with Gasteiger partial charge in [0.25, 0.3) is 0 Å². The molecule has 0 fully saturated rings. The molecule has 0 aliphatic carbocycles. The Morgan fingerprint density at radius 3 is 2.24 bits per heavy atom. The molecule has 0 bridgehead atoms. The lowest BCUT2D eigenvalue weighted by Gasteiger charge is -2.05. The van der Waals surface area contributed by atoms with Crippen LogP contribution in [0.5, 0.6) is 0 Å². The number of hydrogen-bond acceptors (Lipinski definition) is 0. The molecule has 2 aromatic carbocycles. The molecule has 2 aromatic rings. The Hall–Kier alpha value is -1.05. The van der Waals surface area contributed by atoms with Crippen LogP contribution >= 0.6 is 23.2 Å². The van der Waals surface area contributed by atoms with E-state index < -0.39 is 0 Å². The lowest BCUT2D eigenvalue weighted by molar-refractivity contribution is 0.618. The Morgan fingerprint density at radius 1 is 0.941 bits per heavy atom. The summed E-state index contributed by atoms with van der Waals surface area (Å²) in [6, 6.07) is 10.6. The zero-order valence-corrected chi connectivity index (χ0v) is 10.8. The number of aryl methyl sites for hydroxylation is 1. The average Bonchev–Trinajstić information content (AvgIpc) is 2.29. The van der Waals surface area contributed by atoms with Crippen LogP contribution in [0.25, 0.3) is 0 Å². The second-order valence-corrected chi connectivity index (χ2v) is 4.82. The maximum atomic E-state index is 13.1. The largest absolute Gasteiger partial charge is 0.207 e.